The van der Waals surface area contributed by atoms with Gasteiger partial charge >= 0.3 is 0 Å². The number of carbonyl (C=O) groups is 2. The Morgan fingerprint density at radius 3 is 2.23 bits per heavy atom. The summed E-state index contributed by atoms with van der Waals surface area (Å²) in [6.45, 7) is 12.8. The zero-order chi connectivity index (χ0) is 28.7. The van der Waals surface area contributed by atoms with Gasteiger partial charge in [0.05, 0.1) is 18.3 Å². The average molecular weight is 608 g/mol. The second-order valence-corrected chi connectivity index (χ2v) is 11.4. The number of halogens is 2. The summed E-state index contributed by atoms with van der Waals surface area (Å²) in [4.78, 5) is 27.8. The largest absolute Gasteiger partial charge is 0.493 e. The number of hydrogen-bond donors (Lipinski definition) is 4. The van der Waals surface area contributed by atoms with Crippen LogP contribution in [0.4, 0.5) is 0 Å². The quantitative estimate of drug-likeness (QED) is 0.172. The van der Waals surface area contributed by atoms with E-state index in [2.05, 4.69) is 36.3 Å². The summed E-state index contributed by atoms with van der Waals surface area (Å²) in [5, 5.41) is 16.9. The highest BCUT2D eigenvalue weighted by atomic mass is 35.5. The van der Waals surface area contributed by atoms with Crippen LogP contribution in [-0.4, -0.2) is 74.3 Å². The summed E-state index contributed by atoms with van der Waals surface area (Å²) in [6, 6.07) is 6.80. The standard InChI is InChI=1S/C30H54N4O4.2ClH/c1-8-9-15-32-30(37)25(22(4)5)19-27(35)26(31)18-23(21(2)3)20-33-29(36)24-13-10-11-14-28(24)38-17-12-16-34(6)7;;/h10-11,13-14,21-23,25-27,35H,8-9,12,15-20,31H2,1-7H3,(H,32,37)(H,33,36);2*1H. The third-order valence-electron chi connectivity index (χ3n) is 7.14. The fourth-order valence-electron chi connectivity index (χ4n) is 4.40. The molecule has 0 saturated heterocycles. The smallest absolute Gasteiger partial charge is 0.255 e. The van der Waals surface area contributed by atoms with Gasteiger partial charge in [0, 0.05) is 31.6 Å². The number of aliphatic hydroxyl groups is 1. The third-order valence-corrected chi connectivity index (χ3v) is 7.14. The Labute approximate surface area is 255 Å². The number of carbonyl (C=O) groups excluding carboxylic acids is 2. The summed E-state index contributed by atoms with van der Waals surface area (Å²) >= 11 is 0. The van der Waals surface area contributed by atoms with Crippen LogP contribution in [-0.2, 0) is 4.79 Å². The number of nitrogens with two attached hydrogens (primary N) is 1. The van der Waals surface area contributed by atoms with Gasteiger partial charge in [-0.25, -0.2) is 0 Å². The van der Waals surface area contributed by atoms with E-state index in [1.165, 1.54) is 0 Å². The molecule has 5 N–H and O–H groups in total. The minimum atomic E-state index is -0.799. The SMILES string of the molecule is CCCCNC(=O)C(CC(O)C(N)CC(CNC(=O)c1ccccc1OCCCN(C)C)C(C)C)C(C)C.Cl.Cl. The molecule has 0 aliphatic carbocycles. The normalized spacial score (nSPS) is 14.1. The Morgan fingerprint density at radius 1 is 1.00 bits per heavy atom. The Bertz CT molecular complexity index is 827. The molecule has 8 nitrogen and oxygen atoms in total. The molecule has 0 heterocycles. The van der Waals surface area contributed by atoms with Crippen molar-refractivity contribution in [3.63, 3.8) is 0 Å². The van der Waals surface area contributed by atoms with E-state index in [0.29, 0.717) is 43.9 Å². The van der Waals surface area contributed by atoms with Gasteiger partial charge < -0.3 is 31.1 Å². The maximum atomic E-state index is 13.0. The van der Waals surface area contributed by atoms with Crippen molar-refractivity contribution >= 4 is 36.6 Å². The Hall–Kier alpha value is -1.58. The highest BCUT2D eigenvalue weighted by Crippen LogP contribution is 2.24. The molecular formula is C30H56Cl2N4O4. The number of nitrogens with one attached hydrogen (secondary N) is 2. The molecule has 4 atom stereocenters. The van der Waals surface area contributed by atoms with Gasteiger partial charge in [-0.3, -0.25) is 9.59 Å². The molecule has 4 unspecified atom stereocenters. The molecule has 40 heavy (non-hydrogen) atoms. The first-order valence-corrected chi connectivity index (χ1v) is 14.3. The van der Waals surface area contributed by atoms with Crippen molar-refractivity contribution in [1.82, 2.24) is 15.5 Å². The van der Waals surface area contributed by atoms with Crippen LogP contribution < -0.4 is 21.1 Å². The van der Waals surface area contributed by atoms with Crippen molar-refractivity contribution in [2.45, 2.75) is 78.9 Å². The van der Waals surface area contributed by atoms with E-state index >= 15 is 0 Å². The molecule has 0 aliphatic rings. The van der Waals surface area contributed by atoms with Gasteiger partial charge in [0.2, 0.25) is 5.91 Å². The first-order chi connectivity index (χ1) is 18.0. The molecule has 0 spiro atoms. The van der Waals surface area contributed by atoms with Crippen molar-refractivity contribution < 1.29 is 19.4 Å². The third kappa shape index (κ3) is 15.4. The lowest BCUT2D eigenvalue weighted by Gasteiger charge is -2.30. The fourth-order valence-corrected chi connectivity index (χ4v) is 4.40. The second kappa shape index (κ2) is 22.1. The zero-order valence-electron chi connectivity index (χ0n) is 25.7. The first-order valence-electron chi connectivity index (χ1n) is 14.3. The summed E-state index contributed by atoms with van der Waals surface area (Å²) < 4.78 is 5.89. The van der Waals surface area contributed by atoms with E-state index in [-0.39, 0.29) is 60.3 Å². The highest BCUT2D eigenvalue weighted by Gasteiger charge is 2.29. The molecule has 234 valence electrons. The number of benzene rings is 1. The number of aliphatic hydroxyl groups excluding tert-OH is 1. The lowest BCUT2D eigenvalue weighted by atomic mass is 9.83. The number of nitrogens with zero attached hydrogens (tertiary/aromatic N) is 1. The Kier molecular flexibility index (Phi) is 22.4. The van der Waals surface area contributed by atoms with E-state index in [4.69, 9.17) is 10.5 Å². The summed E-state index contributed by atoms with van der Waals surface area (Å²) in [5.41, 5.74) is 6.95. The molecule has 0 aromatic heterocycles. The van der Waals surface area contributed by atoms with E-state index in [1.807, 2.05) is 46.1 Å². The van der Waals surface area contributed by atoms with Gasteiger partial charge in [0.1, 0.15) is 5.75 Å². The zero-order valence-corrected chi connectivity index (χ0v) is 27.3. The highest BCUT2D eigenvalue weighted by molar-refractivity contribution is 5.96. The molecule has 0 fully saturated rings. The summed E-state index contributed by atoms with van der Waals surface area (Å²) in [5.74, 6) is 0.514. The molecule has 1 aromatic carbocycles. The molecule has 2 amide bonds. The minimum absolute atomic E-state index is 0. The van der Waals surface area contributed by atoms with Crippen LogP contribution in [0.25, 0.3) is 0 Å². The monoisotopic (exact) mass is 606 g/mol. The van der Waals surface area contributed by atoms with Crippen LogP contribution in [0.3, 0.4) is 0 Å². The molecule has 1 rings (SSSR count). The van der Waals surface area contributed by atoms with Gasteiger partial charge in [-0.1, -0.05) is 53.2 Å². The van der Waals surface area contributed by atoms with Crippen molar-refractivity contribution in [2.75, 3.05) is 40.3 Å². The van der Waals surface area contributed by atoms with Gasteiger partial charge in [0.25, 0.3) is 5.91 Å². The van der Waals surface area contributed by atoms with E-state index in [1.54, 1.807) is 6.07 Å². The fraction of sp³-hybridized carbons (Fsp3) is 0.733. The van der Waals surface area contributed by atoms with Crippen molar-refractivity contribution in [3.05, 3.63) is 29.8 Å². The van der Waals surface area contributed by atoms with Crippen molar-refractivity contribution in [3.8, 4) is 5.75 Å². The van der Waals surface area contributed by atoms with Crippen LogP contribution in [0.2, 0.25) is 0 Å². The summed E-state index contributed by atoms with van der Waals surface area (Å²) in [6.07, 6.45) is 2.90. The Balaban J connectivity index is 0. The van der Waals surface area contributed by atoms with Crippen LogP contribution in [0.1, 0.15) is 77.1 Å². The molecular weight excluding hydrogens is 551 g/mol. The predicted molar refractivity (Wildman–Crippen MR) is 170 cm³/mol. The predicted octanol–water partition coefficient (Wildman–Crippen LogP) is 4.52. The number of rotatable bonds is 19. The van der Waals surface area contributed by atoms with Crippen LogP contribution in [0.5, 0.6) is 5.75 Å². The molecule has 10 heteroatoms. The number of para-hydroxylation sites is 1. The Morgan fingerprint density at radius 2 is 1.65 bits per heavy atom. The van der Waals surface area contributed by atoms with Crippen molar-refractivity contribution in [2.24, 2.45) is 29.4 Å². The first kappa shape index (κ1) is 40.6. The van der Waals surface area contributed by atoms with Gasteiger partial charge in [-0.05, 0) is 69.7 Å². The molecule has 0 bridgehead atoms. The lowest BCUT2D eigenvalue weighted by Crippen LogP contribution is -2.44. The van der Waals surface area contributed by atoms with Gasteiger partial charge in [-0.15, -0.1) is 24.8 Å². The molecule has 0 radical (unpaired) electrons. The number of hydrogen-bond acceptors (Lipinski definition) is 6. The minimum Gasteiger partial charge on any atom is -0.493 e. The second-order valence-electron chi connectivity index (χ2n) is 11.4. The molecule has 1 aromatic rings. The topological polar surface area (TPSA) is 117 Å². The molecule has 0 aliphatic heterocycles. The van der Waals surface area contributed by atoms with Gasteiger partial charge in [-0.2, -0.15) is 0 Å². The maximum absolute atomic E-state index is 13.0. The molecule has 0 saturated carbocycles. The maximum Gasteiger partial charge on any atom is 0.255 e. The van der Waals surface area contributed by atoms with Crippen LogP contribution in [0, 0.1) is 23.7 Å². The lowest BCUT2D eigenvalue weighted by molar-refractivity contribution is -0.127. The van der Waals surface area contributed by atoms with Crippen LogP contribution in [0.15, 0.2) is 24.3 Å². The van der Waals surface area contributed by atoms with Gasteiger partial charge in [0.15, 0.2) is 0 Å². The van der Waals surface area contributed by atoms with E-state index < -0.39 is 12.1 Å². The number of amides is 2. The summed E-state index contributed by atoms with van der Waals surface area (Å²) in [7, 11) is 4.04. The van der Waals surface area contributed by atoms with Crippen molar-refractivity contribution in [1.29, 1.82) is 0 Å². The average Bonchev–Trinajstić information content (AvgIpc) is 2.86. The van der Waals surface area contributed by atoms with Crippen LogP contribution >= 0.6 is 24.8 Å². The number of unbranched alkanes of at least 4 members (excludes halogenated alkanes) is 1. The number of ether oxygens (including phenoxy) is 1. The van der Waals surface area contributed by atoms with E-state index in [9.17, 15) is 14.7 Å². The van der Waals surface area contributed by atoms with E-state index in [0.717, 1.165) is 25.8 Å².